The van der Waals surface area contributed by atoms with E-state index in [0.29, 0.717) is 11.8 Å². The quantitative estimate of drug-likeness (QED) is 0.791. The number of pyridine rings is 1. The third kappa shape index (κ3) is 2.97. The van der Waals surface area contributed by atoms with Gasteiger partial charge in [0.15, 0.2) is 0 Å². The van der Waals surface area contributed by atoms with Gasteiger partial charge in [-0.05, 0) is 54.5 Å². The first-order valence-electron chi connectivity index (χ1n) is 8.75. The van der Waals surface area contributed by atoms with Crippen molar-refractivity contribution in [3.05, 3.63) is 77.9 Å². The molecule has 0 N–H and O–H groups in total. The van der Waals surface area contributed by atoms with Gasteiger partial charge >= 0.3 is 0 Å². The SMILES string of the molecule is CN(C(=O)[C@@H]1C[C@@H]2C=C[C@@H]1C2)[C@@H](c1cccc(F)c1)c1ccccn1. The summed E-state index contributed by atoms with van der Waals surface area (Å²) < 4.78 is 13.8. The van der Waals surface area contributed by atoms with Gasteiger partial charge in [0, 0.05) is 19.2 Å². The monoisotopic (exact) mass is 336 g/mol. The van der Waals surface area contributed by atoms with Gasteiger partial charge in [-0.25, -0.2) is 4.39 Å². The first kappa shape index (κ1) is 16.0. The largest absolute Gasteiger partial charge is 0.333 e. The lowest BCUT2D eigenvalue weighted by atomic mass is 9.91. The molecule has 0 saturated heterocycles. The van der Waals surface area contributed by atoms with Crippen molar-refractivity contribution in [2.24, 2.45) is 17.8 Å². The number of aromatic nitrogens is 1. The van der Waals surface area contributed by atoms with Gasteiger partial charge in [0.25, 0.3) is 0 Å². The average Bonchev–Trinajstić information content (AvgIpc) is 3.25. The van der Waals surface area contributed by atoms with E-state index in [-0.39, 0.29) is 23.7 Å². The Balaban J connectivity index is 1.68. The molecule has 0 radical (unpaired) electrons. The molecule has 1 amide bonds. The molecule has 1 fully saturated rings. The van der Waals surface area contributed by atoms with E-state index < -0.39 is 0 Å². The summed E-state index contributed by atoms with van der Waals surface area (Å²) in [5.41, 5.74) is 1.50. The van der Waals surface area contributed by atoms with E-state index in [9.17, 15) is 9.18 Å². The molecule has 128 valence electrons. The summed E-state index contributed by atoms with van der Waals surface area (Å²) in [5, 5.41) is 0. The maximum absolute atomic E-state index is 13.8. The number of allylic oxidation sites excluding steroid dienone is 2. The summed E-state index contributed by atoms with van der Waals surface area (Å²) in [6.45, 7) is 0. The van der Waals surface area contributed by atoms with Crippen LogP contribution in [0.25, 0.3) is 0 Å². The third-order valence-corrected chi connectivity index (χ3v) is 5.46. The van der Waals surface area contributed by atoms with Crippen molar-refractivity contribution in [3.63, 3.8) is 0 Å². The standard InChI is InChI=1S/C21H21FN2O/c1-24(21(25)18-12-14-8-9-15(18)11-14)20(19-7-2-3-10-23-19)16-5-4-6-17(22)13-16/h2-10,13-15,18,20H,11-12H2,1H3/t14-,15-,18-,20+/m1/s1. The number of fused-ring (bicyclic) bond motifs is 2. The number of carbonyl (C=O) groups excluding carboxylic acids is 1. The molecule has 0 unspecified atom stereocenters. The fraction of sp³-hybridized carbons (Fsp3) is 0.333. The highest BCUT2D eigenvalue weighted by Crippen LogP contribution is 2.45. The van der Waals surface area contributed by atoms with Crippen molar-refractivity contribution in [1.29, 1.82) is 0 Å². The molecule has 1 aromatic carbocycles. The van der Waals surface area contributed by atoms with Crippen LogP contribution in [0.3, 0.4) is 0 Å². The Hall–Kier alpha value is -2.49. The molecule has 2 aromatic rings. The Morgan fingerprint density at radius 2 is 2.08 bits per heavy atom. The number of rotatable bonds is 4. The molecule has 1 saturated carbocycles. The van der Waals surface area contributed by atoms with Crippen LogP contribution in [0, 0.1) is 23.6 Å². The first-order chi connectivity index (χ1) is 12.1. The number of nitrogens with zero attached hydrogens (tertiary/aromatic N) is 2. The first-order valence-corrected chi connectivity index (χ1v) is 8.75. The normalized spacial score (nSPS) is 25.1. The second-order valence-electron chi connectivity index (χ2n) is 7.05. The number of amides is 1. The Bertz CT molecular complexity index is 805. The Labute approximate surface area is 147 Å². The highest BCUT2D eigenvalue weighted by atomic mass is 19.1. The van der Waals surface area contributed by atoms with Crippen LogP contribution in [0.4, 0.5) is 4.39 Å². The lowest BCUT2D eigenvalue weighted by Gasteiger charge is -2.32. The van der Waals surface area contributed by atoms with Gasteiger partial charge < -0.3 is 4.90 Å². The summed E-state index contributed by atoms with van der Waals surface area (Å²) >= 11 is 0. The number of benzene rings is 1. The minimum absolute atomic E-state index is 0.0276. The lowest BCUT2D eigenvalue weighted by Crippen LogP contribution is -2.38. The molecule has 2 aliphatic rings. The zero-order chi connectivity index (χ0) is 17.4. The predicted molar refractivity (Wildman–Crippen MR) is 94.1 cm³/mol. The molecule has 4 rings (SSSR count). The second-order valence-corrected chi connectivity index (χ2v) is 7.05. The van der Waals surface area contributed by atoms with Crippen molar-refractivity contribution in [2.75, 3.05) is 7.05 Å². The fourth-order valence-electron chi connectivity index (χ4n) is 4.26. The Kier molecular flexibility index (Phi) is 4.12. The Morgan fingerprint density at radius 1 is 1.20 bits per heavy atom. The van der Waals surface area contributed by atoms with Gasteiger partial charge in [-0.2, -0.15) is 0 Å². The van der Waals surface area contributed by atoms with E-state index >= 15 is 0 Å². The molecule has 4 atom stereocenters. The van der Waals surface area contributed by atoms with Crippen LogP contribution in [-0.4, -0.2) is 22.8 Å². The van der Waals surface area contributed by atoms with Crippen molar-refractivity contribution < 1.29 is 9.18 Å². The maximum Gasteiger partial charge on any atom is 0.226 e. The molecule has 2 bridgehead atoms. The summed E-state index contributed by atoms with van der Waals surface area (Å²) in [7, 11) is 1.81. The van der Waals surface area contributed by atoms with Crippen LogP contribution < -0.4 is 0 Å². The molecule has 1 heterocycles. The number of hydrogen-bond acceptors (Lipinski definition) is 2. The fourth-order valence-corrected chi connectivity index (χ4v) is 4.26. The molecule has 0 aliphatic heterocycles. The molecule has 4 heteroatoms. The highest BCUT2D eigenvalue weighted by Gasteiger charge is 2.42. The summed E-state index contributed by atoms with van der Waals surface area (Å²) in [6.07, 6.45) is 8.13. The van der Waals surface area contributed by atoms with Crippen LogP contribution in [-0.2, 0) is 4.79 Å². The van der Waals surface area contributed by atoms with E-state index in [1.54, 1.807) is 17.2 Å². The number of halogens is 1. The minimum Gasteiger partial charge on any atom is -0.333 e. The van der Waals surface area contributed by atoms with E-state index in [1.165, 1.54) is 12.1 Å². The number of carbonyl (C=O) groups is 1. The van der Waals surface area contributed by atoms with Gasteiger partial charge in [0.2, 0.25) is 5.91 Å². The van der Waals surface area contributed by atoms with Crippen LogP contribution in [0.2, 0.25) is 0 Å². The van der Waals surface area contributed by atoms with Crippen molar-refractivity contribution in [1.82, 2.24) is 9.88 Å². The predicted octanol–water partition coefficient (Wildman–Crippen LogP) is 3.98. The van der Waals surface area contributed by atoms with Crippen LogP contribution in [0.15, 0.2) is 60.8 Å². The lowest BCUT2D eigenvalue weighted by molar-refractivity contribution is -0.136. The van der Waals surface area contributed by atoms with Gasteiger partial charge in [0.1, 0.15) is 5.82 Å². The minimum atomic E-state index is -0.382. The zero-order valence-corrected chi connectivity index (χ0v) is 14.2. The second kappa shape index (κ2) is 6.43. The molecule has 25 heavy (non-hydrogen) atoms. The molecule has 1 aromatic heterocycles. The summed E-state index contributed by atoms with van der Waals surface area (Å²) in [4.78, 5) is 19.4. The molecule has 2 aliphatic carbocycles. The topological polar surface area (TPSA) is 33.2 Å². The molecular weight excluding hydrogens is 315 g/mol. The average molecular weight is 336 g/mol. The van der Waals surface area contributed by atoms with Crippen molar-refractivity contribution in [2.45, 2.75) is 18.9 Å². The van der Waals surface area contributed by atoms with Gasteiger partial charge in [-0.1, -0.05) is 30.4 Å². The van der Waals surface area contributed by atoms with E-state index in [0.717, 1.165) is 24.1 Å². The summed E-state index contributed by atoms with van der Waals surface area (Å²) in [6, 6.07) is 11.7. The smallest absolute Gasteiger partial charge is 0.226 e. The van der Waals surface area contributed by atoms with Crippen LogP contribution in [0.5, 0.6) is 0 Å². The van der Waals surface area contributed by atoms with Crippen LogP contribution >= 0.6 is 0 Å². The third-order valence-electron chi connectivity index (χ3n) is 5.46. The maximum atomic E-state index is 13.8. The highest BCUT2D eigenvalue weighted by molar-refractivity contribution is 5.80. The molecular formula is C21H21FN2O. The Morgan fingerprint density at radius 3 is 2.72 bits per heavy atom. The zero-order valence-electron chi connectivity index (χ0n) is 14.2. The van der Waals surface area contributed by atoms with E-state index in [4.69, 9.17) is 0 Å². The van der Waals surface area contributed by atoms with E-state index in [1.807, 2.05) is 31.3 Å². The van der Waals surface area contributed by atoms with Crippen molar-refractivity contribution >= 4 is 5.91 Å². The van der Waals surface area contributed by atoms with Gasteiger partial charge in [0.05, 0.1) is 11.7 Å². The van der Waals surface area contributed by atoms with E-state index in [2.05, 4.69) is 17.1 Å². The summed E-state index contributed by atoms with van der Waals surface area (Å²) in [5.74, 6) is 0.727. The number of hydrogen-bond donors (Lipinski definition) is 0. The molecule has 0 spiro atoms. The van der Waals surface area contributed by atoms with Crippen molar-refractivity contribution in [3.8, 4) is 0 Å². The van der Waals surface area contributed by atoms with Gasteiger partial charge in [-0.15, -0.1) is 0 Å². The molecule has 3 nitrogen and oxygen atoms in total. The van der Waals surface area contributed by atoms with Crippen LogP contribution in [0.1, 0.15) is 30.1 Å². The van der Waals surface area contributed by atoms with Gasteiger partial charge in [-0.3, -0.25) is 9.78 Å².